The molecule has 0 aliphatic carbocycles. The first kappa shape index (κ1) is 37.9. The van der Waals surface area contributed by atoms with Crippen molar-refractivity contribution in [1.29, 1.82) is 0 Å². The highest BCUT2D eigenvalue weighted by Crippen LogP contribution is 2.45. The molecule has 0 bridgehead atoms. The molecule has 2 aliphatic heterocycles. The number of anilines is 1. The number of piperidine rings is 1. The van der Waals surface area contributed by atoms with Gasteiger partial charge in [0.2, 0.25) is 0 Å². The average molecular weight is 690 g/mol. The number of fused-ring (bicyclic) bond motifs is 1. The second-order valence-corrected chi connectivity index (χ2v) is 15.6. The molecule has 2 aliphatic rings. The SMILES string of the molecule is CCOCCOCc1nc(C)c(C(OC(C)(C)C)C(=O)O)c(N2CCC(C)(C)CC2)c1-c1ccc2c(c1)CCN(Cc1ccc(F)cc1C)C2. The van der Waals surface area contributed by atoms with Crippen molar-refractivity contribution in [2.45, 2.75) is 106 Å². The van der Waals surface area contributed by atoms with E-state index in [0.717, 1.165) is 85.6 Å². The predicted octanol–water partition coefficient (Wildman–Crippen LogP) is 8.18. The fourth-order valence-corrected chi connectivity index (χ4v) is 7.14. The van der Waals surface area contributed by atoms with Crippen molar-refractivity contribution in [3.8, 4) is 11.1 Å². The summed E-state index contributed by atoms with van der Waals surface area (Å²) in [5.74, 6) is -1.24. The van der Waals surface area contributed by atoms with Gasteiger partial charge in [0.15, 0.2) is 6.10 Å². The van der Waals surface area contributed by atoms with Crippen molar-refractivity contribution in [3.05, 3.63) is 81.4 Å². The number of nitrogens with zero attached hydrogens (tertiary/aromatic N) is 3. The molecule has 5 rings (SSSR count). The second kappa shape index (κ2) is 15.9. The van der Waals surface area contributed by atoms with Crippen LogP contribution in [-0.2, 0) is 45.1 Å². The smallest absolute Gasteiger partial charge is 0.337 e. The van der Waals surface area contributed by atoms with Gasteiger partial charge in [-0.25, -0.2) is 9.18 Å². The van der Waals surface area contributed by atoms with Crippen LogP contribution in [-0.4, -0.2) is 66.0 Å². The van der Waals surface area contributed by atoms with Crippen molar-refractivity contribution in [3.63, 3.8) is 0 Å². The van der Waals surface area contributed by atoms with Gasteiger partial charge in [-0.05, 0) is 106 Å². The van der Waals surface area contributed by atoms with Crippen molar-refractivity contribution < 1.29 is 28.5 Å². The zero-order valence-corrected chi connectivity index (χ0v) is 31.3. The molecule has 1 aromatic heterocycles. The molecule has 50 heavy (non-hydrogen) atoms. The minimum atomic E-state index is -1.19. The second-order valence-electron chi connectivity index (χ2n) is 15.6. The van der Waals surface area contributed by atoms with E-state index in [0.29, 0.717) is 31.1 Å². The Balaban J connectivity index is 1.61. The first-order valence-corrected chi connectivity index (χ1v) is 18.1. The molecular formula is C41H56FN3O5. The number of hydrogen-bond acceptors (Lipinski definition) is 7. The third-order valence-corrected chi connectivity index (χ3v) is 9.96. The number of carbonyl (C=O) groups is 1. The summed E-state index contributed by atoms with van der Waals surface area (Å²) in [5, 5.41) is 10.7. The van der Waals surface area contributed by atoms with Crippen LogP contribution in [0.25, 0.3) is 11.1 Å². The van der Waals surface area contributed by atoms with Gasteiger partial charge in [-0.2, -0.15) is 0 Å². The number of aryl methyl sites for hydroxylation is 2. The van der Waals surface area contributed by atoms with Gasteiger partial charge in [0.05, 0.1) is 36.8 Å². The molecule has 0 saturated carbocycles. The zero-order chi connectivity index (χ0) is 36.2. The van der Waals surface area contributed by atoms with Gasteiger partial charge < -0.3 is 24.2 Å². The molecule has 1 atom stereocenters. The van der Waals surface area contributed by atoms with Crippen molar-refractivity contribution in [2.75, 3.05) is 44.4 Å². The molecule has 2 aromatic carbocycles. The maximum atomic E-state index is 13.8. The number of carboxylic acid groups (broad SMARTS) is 1. The number of hydrogen-bond donors (Lipinski definition) is 1. The minimum absolute atomic E-state index is 0.197. The number of benzene rings is 2. The Morgan fingerprint density at radius 3 is 2.40 bits per heavy atom. The van der Waals surface area contributed by atoms with Crippen LogP contribution < -0.4 is 4.90 Å². The summed E-state index contributed by atoms with van der Waals surface area (Å²) >= 11 is 0. The van der Waals surface area contributed by atoms with Gasteiger partial charge in [-0.3, -0.25) is 9.88 Å². The van der Waals surface area contributed by atoms with E-state index in [2.05, 4.69) is 41.8 Å². The summed E-state index contributed by atoms with van der Waals surface area (Å²) in [4.78, 5) is 22.9. The molecule has 0 amide bonds. The summed E-state index contributed by atoms with van der Waals surface area (Å²) in [6.45, 7) is 21.9. The number of aliphatic carboxylic acids is 1. The van der Waals surface area contributed by atoms with E-state index in [1.54, 1.807) is 6.07 Å². The van der Waals surface area contributed by atoms with Gasteiger partial charge >= 0.3 is 5.97 Å². The lowest BCUT2D eigenvalue weighted by atomic mass is 9.81. The van der Waals surface area contributed by atoms with Gasteiger partial charge in [-0.1, -0.05) is 38.1 Å². The Bertz CT molecular complexity index is 1660. The third-order valence-electron chi connectivity index (χ3n) is 9.96. The fourth-order valence-electron chi connectivity index (χ4n) is 7.14. The standard InChI is InChI=1S/C41H56FN3O5/c1-9-48-20-21-49-26-34-36(30-10-11-32-25-44(17-14-29(32)23-30)24-31-12-13-33(42)22-27(31)2)37(45-18-15-41(7,8)16-19-45)35(28(3)43-34)38(39(46)47)50-40(4,5)6/h10-13,22-23,38H,9,14-21,24-26H2,1-8H3,(H,46,47). The number of ether oxygens (including phenoxy) is 3. The van der Waals surface area contributed by atoms with Crippen LogP contribution >= 0.6 is 0 Å². The molecule has 272 valence electrons. The summed E-state index contributed by atoms with van der Waals surface area (Å²) < 4.78 is 31.8. The summed E-state index contributed by atoms with van der Waals surface area (Å²) in [7, 11) is 0. The van der Waals surface area contributed by atoms with Gasteiger partial charge in [0.25, 0.3) is 0 Å². The Hall–Kier alpha value is -3.37. The van der Waals surface area contributed by atoms with Crippen LogP contribution in [0.15, 0.2) is 36.4 Å². The van der Waals surface area contributed by atoms with Gasteiger partial charge in [-0.15, -0.1) is 0 Å². The molecular weight excluding hydrogens is 633 g/mol. The van der Waals surface area contributed by atoms with Crippen LogP contribution in [0.4, 0.5) is 10.1 Å². The predicted molar refractivity (Wildman–Crippen MR) is 196 cm³/mol. The molecule has 1 N–H and O–H groups in total. The van der Waals surface area contributed by atoms with E-state index in [1.165, 1.54) is 17.2 Å². The highest BCUT2D eigenvalue weighted by atomic mass is 19.1. The largest absolute Gasteiger partial charge is 0.479 e. The maximum Gasteiger partial charge on any atom is 0.337 e. The van der Waals surface area contributed by atoms with Gasteiger partial charge in [0.1, 0.15) is 5.82 Å². The van der Waals surface area contributed by atoms with Crippen LogP contribution in [0.2, 0.25) is 0 Å². The van der Waals surface area contributed by atoms with Crippen molar-refractivity contribution in [1.82, 2.24) is 9.88 Å². The van der Waals surface area contributed by atoms with Crippen LogP contribution in [0, 0.1) is 25.1 Å². The van der Waals surface area contributed by atoms with Crippen LogP contribution in [0.1, 0.15) is 99.7 Å². The fraction of sp³-hybridized carbons (Fsp3) is 0.561. The molecule has 8 nitrogen and oxygen atoms in total. The number of halogens is 1. The highest BCUT2D eigenvalue weighted by Gasteiger charge is 2.37. The average Bonchev–Trinajstić information content (AvgIpc) is 3.04. The van der Waals surface area contributed by atoms with E-state index in [9.17, 15) is 14.3 Å². The maximum absolute atomic E-state index is 13.8. The minimum Gasteiger partial charge on any atom is -0.479 e. The Morgan fingerprint density at radius 1 is 1.02 bits per heavy atom. The molecule has 1 unspecified atom stereocenters. The monoisotopic (exact) mass is 689 g/mol. The zero-order valence-electron chi connectivity index (χ0n) is 31.3. The molecule has 0 spiro atoms. The highest BCUT2D eigenvalue weighted by molar-refractivity contribution is 5.88. The Labute approximate surface area is 297 Å². The topological polar surface area (TPSA) is 84.4 Å². The van der Waals surface area contributed by atoms with E-state index in [1.807, 2.05) is 47.6 Å². The Morgan fingerprint density at radius 2 is 1.74 bits per heavy atom. The first-order valence-electron chi connectivity index (χ1n) is 18.1. The number of aromatic nitrogens is 1. The number of rotatable bonds is 13. The lowest BCUT2D eigenvalue weighted by Crippen LogP contribution is -2.39. The number of pyridine rings is 1. The molecule has 3 heterocycles. The molecule has 1 saturated heterocycles. The van der Waals surface area contributed by atoms with Crippen molar-refractivity contribution >= 4 is 11.7 Å². The van der Waals surface area contributed by atoms with E-state index in [4.69, 9.17) is 19.2 Å². The van der Waals surface area contributed by atoms with E-state index >= 15 is 0 Å². The molecule has 0 radical (unpaired) electrons. The Kier molecular flexibility index (Phi) is 12.0. The lowest BCUT2D eigenvalue weighted by molar-refractivity contribution is -0.160. The van der Waals surface area contributed by atoms with E-state index < -0.39 is 17.7 Å². The third kappa shape index (κ3) is 9.29. The molecule has 9 heteroatoms. The van der Waals surface area contributed by atoms with E-state index in [-0.39, 0.29) is 17.8 Å². The van der Waals surface area contributed by atoms with Crippen molar-refractivity contribution in [2.24, 2.45) is 5.41 Å². The van der Waals surface area contributed by atoms with Gasteiger partial charge in [0, 0.05) is 56.2 Å². The normalized spacial score (nSPS) is 17.1. The molecule has 1 fully saturated rings. The molecule has 3 aromatic rings. The van der Waals surface area contributed by atoms with Crippen LogP contribution in [0.3, 0.4) is 0 Å². The first-order chi connectivity index (χ1) is 23.7. The quantitative estimate of drug-likeness (QED) is 0.180. The number of carboxylic acids is 1. The summed E-state index contributed by atoms with van der Waals surface area (Å²) in [6.07, 6.45) is 1.64. The summed E-state index contributed by atoms with van der Waals surface area (Å²) in [6, 6.07) is 11.7. The van der Waals surface area contributed by atoms with Crippen LogP contribution in [0.5, 0.6) is 0 Å². The lowest BCUT2D eigenvalue weighted by Gasteiger charge is -2.41. The summed E-state index contributed by atoms with van der Waals surface area (Å²) in [5.41, 5.74) is 8.97.